The van der Waals surface area contributed by atoms with E-state index in [1.54, 1.807) is 12.2 Å². The molecule has 1 aliphatic carbocycles. The first kappa shape index (κ1) is 12.4. The molecule has 1 aromatic rings. The second kappa shape index (κ2) is 4.69. The average Bonchev–Trinajstić information content (AvgIpc) is 2.28. The maximum atomic E-state index is 11.3. The van der Waals surface area contributed by atoms with Gasteiger partial charge in [-0.15, -0.1) is 0 Å². The lowest BCUT2D eigenvalue weighted by atomic mass is 10.0. The summed E-state index contributed by atoms with van der Waals surface area (Å²) in [6.07, 6.45) is 5.16. The van der Waals surface area contributed by atoms with E-state index in [2.05, 4.69) is 21.9 Å². The summed E-state index contributed by atoms with van der Waals surface area (Å²) in [5.74, 6) is 1.20. The molecule has 0 amide bonds. The van der Waals surface area contributed by atoms with Gasteiger partial charge in [-0.3, -0.25) is 4.79 Å². The van der Waals surface area contributed by atoms with Crippen LogP contribution in [0.4, 0.5) is 0 Å². The molecule has 0 bridgehead atoms. The summed E-state index contributed by atoms with van der Waals surface area (Å²) in [7, 11) is 8.11. The Kier molecular flexibility index (Phi) is 3.24. The van der Waals surface area contributed by atoms with Crippen molar-refractivity contribution in [3.05, 3.63) is 40.3 Å². The minimum Gasteiger partial charge on any atom is -0.364 e. The zero-order chi connectivity index (χ0) is 13.3. The molecule has 3 nitrogen and oxygen atoms in total. The number of fused-ring (bicyclic) bond motifs is 1. The Morgan fingerprint density at radius 3 is 2.28 bits per heavy atom. The Labute approximate surface area is 107 Å². The number of nitrogens with zero attached hydrogens (tertiary/aromatic N) is 2. The molecule has 0 radical (unpaired) electrons. The first-order valence-corrected chi connectivity index (χ1v) is 5.92. The van der Waals surface area contributed by atoms with Crippen LogP contribution in [0.2, 0.25) is 0 Å². The first-order chi connectivity index (χ1) is 8.49. The van der Waals surface area contributed by atoms with Gasteiger partial charge in [-0.1, -0.05) is 18.2 Å². The average molecular weight is 242 g/mol. The van der Waals surface area contributed by atoms with Crippen molar-refractivity contribution in [3.8, 4) is 0 Å². The van der Waals surface area contributed by atoms with Crippen LogP contribution < -0.4 is 10.4 Å². The summed E-state index contributed by atoms with van der Waals surface area (Å²) in [5.41, 5.74) is 1.09. The molecule has 1 aliphatic rings. The fourth-order valence-electron chi connectivity index (χ4n) is 2.28. The number of ketones is 1. The van der Waals surface area contributed by atoms with Crippen molar-refractivity contribution in [3.63, 3.8) is 0 Å². The quantitative estimate of drug-likeness (QED) is 0.743. The van der Waals surface area contributed by atoms with E-state index in [4.69, 9.17) is 0 Å². The minimum atomic E-state index is 0.0553. The van der Waals surface area contributed by atoms with Gasteiger partial charge in [-0.2, -0.15) is 0 Å². The van der Waals surface area contributed by atoms with Crippen molar-refractivity contribution >= 4 is 23.8 Å². The molecular formula is C15H18N2O. The summed E-state index contributed by atoms with van der Waals surface area (Å²) < 4.78 is 0. The predicted molar refractivity (Wildman–Crippen MR) is 75.0 cm³/mol. The second-order valence-electron chi connectivity index (χ2n) is 4.84. The highest BCUT2D eigenvalue weighted by atomic mass is 16.1. The molecule has 0 aromatic heterocycles. The lowest BCUT2D eigenvalue weighted by Crippen LogP contribution is -2.31. The van der Waals surface area contributed by atoms with Crippen molar-refractivity contribution in [2.75, 3.05) is 28.2 Å². The number of rotatable bonds is 2. The molecule has 0 aliphatic heterocycles. The van der Waals surface area contributed by atoms with Crippen LogP contribution in [0.1, 0.15) is 5.56 Å². The Bertz CT molecular complexity index is 614. The molecule has 2 rings (SSSR count). The molecule has 0 N–H and O–H groups in total. The lowest BCUT2D eigenvalue weighted by Gasteiger charge is -2.24. The smallest absolute Gasteiger partial charge is 0.179 e. The van der Waals surface area contributed by atoms with Crippen LogP contribution in [-0.2, 0) is 4.79 Å². The fourth-order valence-corrected chi connectivity index (χ4v) is 2.28. The molecule has 3 heteroatoms. The van der Waals surface area contributed by atoms with Gasteiger partial charge in [0.2, 0.25) is 0 Å². The molecule has 0 unspecified atom stereocenters. The summed E-state index contributed by atoms with van der Waals surface area (Å²) >= 11 is 0. The van der Waals surface area contributed by atoms with E-state index in [9.17, 15) is 4.79 Å². The Balaban J connectivity index is 2.69. The van der Waals surface area contributed by atoms with Gasteiger partial charge < -0.3 is 9.80 Å². The van der Waals surface area contributed by atoms with Gasteiger partial charge in [0.1, 0.15) is 5.82 Å². The van der Waals surface area contributed by atoms with E-state index in [1.165, 1.54) is 0 Å². The third-order valence-electron chi connectivity index (χ3n) is 2.92. The molecule has 1 aromatic carbocycles. The van der Waals surface area contributed by atoms with Crippen LogP contribution in [0, 0.1) is 0 Å². The number of hydrogen-bond acceptors (Lipinski definition) is 3. The summed E-state index contributed by atoms with van der Waals surface area (Å²) in [4.78, 5) is 15.5. The van der Waals surface area contributed by atoms with Gasteiger partial charge in [0.25, 0.3) is 0 Å². The van der Waals surface area contributed by atoms with Crippen LogP contribution in [-0.4, -0.2) is 43.8 Å². The summed E-state index contributed by atoms with van der Waals surface area (Å²) in [5, 5.41) is 2.14. The van der Waals surface area contributed by atoms with Crippen LogP contribution in [0.3, 0.4) is 0 Å². The van der Waals surface area contributed by atoms with Crippen molar-refractivity contribution in [2.24, 2.45) is 0 Å². The van der Waals surface area contributed by atoms with E-state index in [0.717, 1.165) is 21.8 Å². The molecule has 0 saturated carbocycles. The summed E-state index contributed by atoms with van der Waals surface area (Å²) in [6, 6.07) is 6.17. The van der Waals surface area contributed by atoms with Crippen LogP contribution in [0.25, 0.3) is 18.0 Å². The third-order valence-corrected chi connectivity index (χ3v) is 2.92. The van der Waals surface area contributed by atoms with Gasteiger partial charge >= 0.3 is 0 Å². The van der Waals surface area contributed by atoms with E-state index < -0.39 is 0 Å². The molecule has 0 atom stereocenters. The van der Waals surface area contributed by atoms with Crippen molar-refractivity contribution in [1.29, 1.82) is 0 Å². The van der Waals surface area contributed by atoms with E-state index in [1.807, 2.05) is 40.3 Å². The highest BCUT2D eigenvalue weighted by Crippen LogP contribution is 2.03. The number of carbonyl (C=O) groups is 1. The number of carbonyl (C=O) groups excluding carboxylic acids is 1. The standard InChI is InChI=1S/C15H18N2O/c1-16(2)15(17(3)4)13-6-5-12-10-14(18)8-7-11(12)9-13/h5-10H,1-4H3. The van der Waals surface area contributed by atoms with Crippen molar-refractivity contribution < 1.29 is 4.79 Å². The SMILES string of the molecule is CN(C)C(=c1ccc2c(c1)C=CC(=O)C=2)N(C)C. The maximum absolute atomic E-state index is 11.3. The molecule has 0 heterocycles. The lowest BCUT2D eigenvalue weighted by molar-refractivity contribution is -0.109. The van der Waals surface area contributed by atoms with Gasteiger partial charge in [0.15, 0.2) is 5.78 Å². The van der Waals surface area contributed by atoms with Gasteiger partial charge in [-0.05, 0) is 29.0 Å². The normalized spacial score (nSPS) is 12.8. The number of hydrogen-bond donors (Lipinski definition) is 0. The van der Waals surface area contributed by atoms with Crippen LogP contribution >= 0.6 is 0 Å². The molecule has 0 spiro atoms. The van der Waals surface area contributed by atoms with E-state index >= 15 is 0 Å². The highest BCUT2D eigenvalue weighted by Gasteiger charge is 2.06. The minimum absolute atomic E-state index is 0.0553. The molecular weight excluding hydrogens is 224 g/mol. The summed E-state index contributed by atoms with van der Waals surface area (Å²) in [6.45, 7) is 0. The Morgan fingerprint density at radius 1 is 1.00 bits per heavy atom. The van der Waals surface area contributed by atoms with Crippen molar-refractivity contribution in [2.45, 2.75) is 0 Å². The maximum Gasteiger partial charge on any atom is 0.179 e. The third kappa shape index (κ3) is 2.30. The van der Waals surface area contributed by atoms with Crippen LogP contribution in [0.5, 0.6) is 0 Å². The molecule has 0 saturated heterocycles. The molecule has 94 valence electrons. The number of allylic oxidation sites excluding steroid dienone is 1. The van der Waals surface area contributed by atoms with Gasteiger partial charge in [0.05, 0.1) is 0 Å². The Hall–Kier alpha value is -2.03. The highest BCUT2D eigenvalue weighted by molar-refractivity contribution is 6.16. The fraction of sp³-hybridized carbons (Fsp3) is 0.267. The largest absolute Gasteiger partial charge is 0.364 e. The van der Waals surface area contributed by atoms with Gasteiger partial charge in [0, 0.05) is 33.4 Å². The zero-order valence-electron chi connectivity index (χ0n) is 11.3. The monoisotopic (exact) mass is 242 g/mol. The van der Waals surface area contributed by atoms with Crippen molar-refractivity contribution in [1.82, 2.24) is 9.80 Å². The second-order valence-corrected chi connectivity index (χ2v) is 4.84. The topological polar surface area (TPSA) is 23.6 Å². The predicted octanol–water partition coefficient (Wildman–Crippen LogP) is 0.252. The van der Waals surface area contributed by atoms with E-state index in [0.29, 0.717) is 0 Å². The van der Waals surface area contributed by atoms with E-state index in [-0.39, 0.29) is 5.78 Å². The molecule has 18 heavy (non-hydrogen) atoms. The molecule has 0 fully saturated rings. The van der Waals surface area contributed by atoms with Gasteiger partial charge in [-0.25, -0.2) is 0 Å². The first-order valence-electron chi connectivity index (χ1n) is 5.92. The zero-order valence-corrected chi connectivity index (χ0v) is 11.3. The van der Waals surface area contributed by atoms with Crippen LogP contribution in [0.15, 0.2) is 24.3 Å². The number of benzene rings is 1. The Morgan fingerprint density at radius 2 is 1.67 bits per heavy atom.